The van der Waals surface area contributed by atoms with Crippen LogP contribution in [0.1, 0.15) is 35.3 Å². The van der Waals surface area contributed by atoms with Crippen LogP contribution >= 0.6 is 0 Å². The predicted molar refractivity (Wildman–Crippen MR) is 88.9 cm³/mol. The quantitative estimate of drug-likeness (QED) is 0.833. The Labute approximate surface area is 140 Å². The molecule has 0 aliphatic carbocycles. The van der Waals surface area contributed by atoms with Gasteiger partial charge >= 0.3 is 5.97 Å². The molecule has 7 heteroatoms. The van der Waals surface area contributed by atoms with Crippen molar-refractivity contribution in [2.75, 3.05) is 4.72 Å². The van der Waals surface area contributed by atoms with Gasteiger partial charge in [-0.1, -0.05) is 37.8 Å². The maximum Gasteiger partial charge on any atom is 0.335 e. The topological polar surface area (TPSA) is 107 Å². The van der Waals surface area contributed by atoms with Crippen LogP contribution in [-0.4, -0.2) is 19.5 Å². The molecule has 0 fully saturated rings. The van der Waals surface area contributed by atoms with Crippen molar-refractivity contribution in [3.63, 3.8) is 0 Å². The molecule has 0 heterocycles. The zero-order valence-electron chi connectivity index (χ0n) is 13.4. The summed E-state index contributed by atoms with van der Waals surface area (Å²) in [5.41, 5.74) is 1.11. The van der Waals surface area contributed by atoms with Crippen LogP contribution in [0.3, 0.4) is 0 Å². The highest BCUT2D eigenvalue weighted by atomic mass is 32.2. The summed E-state index contributed by atoms with van der Waals surface area (Å²) in [5, 5.41) is 20.5. The maximum absolute atomic E-state index is 12.7. The number of nitrogens with one attached hydrogen (secondary N) is 1. The molecule has 2 aromatic carbocycles. The number of carboxylic acid groups (broad SMARTS) is 1. The molecule has 0 aliphatic heterocycles. The summed E-state index contributed by atoms with van der Waals surface area (Å²) in [6, 6.07) is 8.58. The van der Waals surface area contributed by atoms with Gasteiger partial charge in [-0.05, 0) is 42.2 Å². The van der Waals surface area contributed by atoms with E-state index in [4.69, 9.17) is 5.11 Å². The van der Waals surface area contributed by atoms with Gasteiger partial charge in [-0.15, -0.1) is 0 Å². The SMILES string of the molecule is CCc1ccc(CC)c(S(=O)(=O)Nc2ccc([O-])c(C(=O)O)c2)c1. The third kappa shape index (κ3) is 3.68. The van der Waals surface area contributed by atoms with Crippen molar-refractivity contribution in [3.05, 3.63) is 53.1 Å². The van der Waals surface area contributed by atoms with Crippen LogP contribution in [0.5, 0.6) is 5.75 Å². The molecular formula is C17H18NO5S-. The van der Waals surface area contributed by atoms with Crippen LogP contribution in [0.2, 0.25) is 0 Å². The molecule has 0 radical (unpaired) electrons. The molecule has 0 atom stereocenters. The van der Waals surface area contributed by atoms with Gasteiger partial charge in [0.2, 0.25) is 0 Å². The lowest BCUT2D eigenvalue weighted by Gasteiger charge is -2.15. The van der Waals surface area contributed by atoms with Crippen molar-refractivity contribution in [3.8, 4) is 5.75 Å². The second-order valence-corrected chi connectivity index (χ2v) is 6.92. The summed E-state index contributed by atoms with van der Waals surface area (Å²) in [6.45, 7) is 3.78. The first-order valence-corrected chi connectivity index (χ1v) is 8.95. The molecule has 0 aromatic heterocycles. The molecule has 0 unspecified atom stereocenters. The van der Waals surface area contributed by atoms with Crippen molar-refractivity contribution < 1.29 is 23.4 Å². The normalized spacial score (nSPS) is 11.2. The van der Waals surface area contributed by atoms with Gasteiger partial charge in [0, 0.05) is 5.69 Å². The van der Waals surface area contributed by atoms with Gasteiger partial charge in [0.05, 0.1) is 10.5 Å². The standard InChI is InChI=1S/C17H19NO5S/c1-3-11-5-6-12(4-2)16(9-11)24(22,23)18-13-7-8-15(19)14(10-13)17(20)21/h5-10,18-19H,3-4H2,1-2H3,(H,20,21)/p-1. The number of hydrogen-bond donors (Lipinski definition) is 2. The van der Waals surface area contributed by atoms with Gasteiger partial charge in [0.15, 0.2) is 0 Å². The minimum absolute atomic E-state index is 0.0379. The van der Waals surface area contributed by atoms with Crippen molar-refractivity contribution in [2.45, 2.75) is 31.6 Å². The molecule has 2 rings (SSSR count). The molecule has 0 saturated carbocycles. The molecular weight excluding hydrogens is 330 g/mol. The Morgan fingerprint density at radius 1 is 1.12 bits per heavy atom. The number of aryl methyl sites for hydroxylation is 2. The van der Waals surface area contributed by atoms with Crippen LogP contribution in [0.4, 0.5) is 5.69 Å². The van der Waals surface area contributed by atoms with Gasteiger partial charge in [0.1, 0.15) is 0 Å². The van der Waals surface area contributed by atoms with E-state index in [-0.39, 0.29) is 10.6 Å². The summed E-state index contributed by atoms with van der Waals surface area (Å²) < 4.78 is 27.7. The van der Waals surface area contributed by atoms with E-state index in [1.54, 1.807) is 12.1 Å². The van der Waals surface area contributed by atoms with Crippen LogP contribution in [0.15, 0.2) is 41.3 Å². The van der Waals surface area contributed by atoms with E-state index in [1.807, 2.05) is 19.9 Å². The average molecular weight is 348 g/mol. The van der Waals surface area contributed by atoms with Crippen LogP contribution < -0.4 is 9.83 Å². The number of carbonyl (C=O) groups is 1. The molecule has 0 amide bonds. The van der Waals surface area contributed by atoms with Gasteiger partial charge in [-0.3, -0.25) is 4.72 Å². The lowest BCUT2D eigenvalue weighted by molar-refractivity contribution is -0.268. The first-order valence-electron chi connectivity index (χ1n) is 7.47. The summed E-state index contributed by atoms with van der Waals surface area (Å²) >= 11 is 0. The van der Waals surface area contributed by atoms with Crippen LogP contribution in [0.25, 0.3) is 0 Å². The number of anilines is 1. The monoisotopic (exact) mass is 348 g/mol. The molecule has 6 nitrogen and oxygen atoms in total. The molecule has 0 saturated heterocycles. The van der Waals surface area contributed by atoms with E-state index in [9.17, 15) is 18.3 Å². The van der Waals surface area contributed by atoms with Gasteiger partial charge in [-0.25, -0.2) is 13.2 Å². The third-order valence-electron chi connectivity index (χ3n) is 3.67. The first kappa shape index (κ1) is 17.8. The van der Waals surface area contributed by atoms with Crippen molar-refractivity contribution in [2.24, 2.45) is 0 Å². The van der Waals surface area contributed by atoms with Gasteiger partial charge in [0.25, 0.3) is 10.0 Å². The second kappa shape index (κ2) is 6.92. The zero-order valence-corrected chi connectivity index (χ0v) is 14.2. The predicted octanol–water partition coefficient (Wildman–Crippen LogP) is 2.38. The molecule has 128 valence electrons. The van der Waals surface area contributed by atoms with E-state index in [1.165, 1.54) is 6.07 Å². The summed E-state index contributed by atoms with van der Waals surface area (Å²) in [5.74, 6) is -2.07. The molecule has 2 N–H and O–H groups in total. The lowest BCUT2D eigenvalue weighted by Crippen LogP contribution is -2.16. The largest absolute Gasteiger partial charge is 0.872 e. The van der Waals surface area contributed by atoms with E-state index >= 15 is 0 Å². The zero-order chi connectivity index (χ0) is 17.9. The number of aromatic carboxylic acids is 1. The smallest absolute Gasteiger partial charge is 0.335 e. The van der Waals surface area contributed by atoms with Crippen LogP contribution in [-0.2, 0) is 22.9 Å². The Morgan fingerprint density at radius 3 is 2.42 bits per heavy atom. The molecule has 2 aromatic rings. The highest BCUT2D eigenvalue weighted by molar-refractivity contribution is 7.92. The average Bonchev–Trinajstić information content (AvgIpc) is 2.55. The minimum Gasteiger partial charge on any atom is -0.872 e. The van der Waals surface area contributed by atoms with Gasteiger partial charge < -0.3 is 10.2 Å². The van der Waals surface area contributed by atoms with Gasteiger partial charge in [-0.2, -0.15) is 0 Å². The van der Waals surface area contributed by atoms with E-state index in [2.05, 4.69) is 4.72 Å². The van der Waals surface area contributed by atoms with Crippen molar-refractivity contribution >= 4 is 21.7 Å². The highest BCUT2D eigenvalue weighted by Crippen LogP contribution is 2.25. The number of sulfonamides is 1. The maximum atomic E-state index is 12.7. The molecule has 0 spiro atoms. The van der Waals surface area contributed by atoms with Crippen molar-refractivity contribution in [1.82, 2.24) is 0 Å². The fraction of sp³-hybridized carbons (Fsp3) is 0.235. The summed E-state index contributed by atoms with van der Waals surface area (Å²) in [6.07, 6.45) is 1.24. The number of rotatable bonds is 6. The molecule has 24 heavy (non-hydrogen) atoms. The van der Waals surface area contributed by atoms with E-state index in [0.717, 1.165) is 17.7 Å². The summed E-state index contributed by atoms with van der Waals surface area (Å²) in [7, 11) is -3.89. The molecule has 0 aliphatic rings. The Balaban J connectivity index is 2.46. The fourth-order valence-electron chi connectivity index (χ4n) is 2.33. The Morgan fingerprint density at radius 2 is 1.83 bits per heavy atom. The fourth-order valence-corrected chi connectivity index (χ4v) is 3.74. The number of hydrogen-bond acceptors (Lipinski definition) is 4. The highest BCUT2D eigenvalue weighted by Gasteiger charge is 2.19. The minimum atomic E-state index is -3.89. The summed E-state index contributed by atoms with van der Waals surface area (Å²) in [4.78, 5) is 11.2. The Hall–Kier alpha value is -2.54. The second-order valence-electron chi connectivity index (χ2n) is 5.27. The Kier molecular flexibility index (Phi) is 5.14. The number of benzene rings is 2. The Bertz CT molecular complexity index is 875. The van der Waals surface area contributed by atoms with E-state index in [0.29, 0.717) is 18.4 Å². The number of carboxylic acids is 1. The first-order chi connectivity index (χ1) is 11.3. The lowest BCUT2D eigenvalue weighted by atomic mass is 10.1. The molecule has 0 bridgehead atoms. The van der Waals surface area contributed by atoms with E-state index < -0.39 is 27.3 Å². The van der Waals surface area contributed by atoms with Crippen molar-refractivity contribution in [1.29, 1.82) is 0 Å². The third-order valence-corrected chi connectivity index (χ3v) is 5.14. The van der Waals surface area contributed by atoms with Crippen LogP contribution in [0, 0.1) is 0 Å².